The second-order valence-corrected chi connectivity index (χ2v) is 7.46. The third kappa shape index (κ3) is 5.34. The number of benzene rings is 2. The Hall–Kier alpha value is -2.84. The number of thioether (sulfide) groups is 1. The number of amidine groups is 1. The van der Waals surface area contributed by atoms with Gasteiger partial charge in [0.1, 0.15) is 5.25 Å². The second-order valence-electron chi connectivity index (χ2n) is 5.83. The number of carbonyl (C=O) groups is 3. The smallest absolute Gasteiger partial charge is 0.308 e. The Kier molecular flexibility index (Phi) is 6.33. The number of carbonyl (C=O) groups excluding carboxylic acids is 3. The van der Waals surface area contributed by atoms with Crippen molar-refractivity contribution >= 4 is 57.7 Å². The number of halogens is 1. The number of rotatable bonds is 5. The molecule has 0 spiro atoms. The number of nitrogens with one attached hydrogen (secondary N) is 2. The van der Waals surface area contributed by atoms with E-state index in [1.165, 1.54) is 18.7 Å². The topological polar surface area (TPSA) is 96.9 Å². The molecule has 0 bridgehead atoms. The largest absolute Gasteiger partial charge is 0.424 e. The van der Waals surface area contributed by atoms with Gasteiger partial charge in [0.15, 0.2) is 10.9 Å². The highest BCUT2D eigenvalue weighted by molar-refractivity contribution is 8.15. The fourth-order valence-corrected chi connectivity index (χ4v) is 3.52. The fourth-order valence-electron chi connectivity index (χ4n) is 2.41. The Morgan fingerprint density at radius 3 is 2.64 bits per heavy atom. The van der Waals surface area contributed by atoms with Gasteiger partial charge in [0.05, 0.1) is 11.4 Å². The van der Waals surface area contributed by atoms with Crippen LogP contribution < -0.4 is 15.4 Å². The zero-order chi connectivity index (χ0) is 20.1. The van der Waals surface area contributed by atoms with E-state index in [9.17, 15) is 14.4 Å². The molecule has 1 fully saturated rings. The van der Waals surface area contributed by atoms with Crippen LogP contribution in [0.15, 0.2) is 53.5 Å². The minimum atomic E-state index is -0.605. The SMILES string of the molecule is CC(=O)Oc1ccccc1NC(=O)CC1SC(=Nc2ccc(Cl)cc2)NC1=O. The highest BCUT2D eigenvalue weighted by Gasteiger charge is 2.32. The fraction of sp³-hybridized carbons (Fsp3) is 0.158. The molecule has 0 saturated carbocycles. The van der Waals surface area contributed by atoms with Gasteiger partial charge < -0.3 is 15.4 Å². The van der Waals surface area contributed by atoms with Crippen molar-refractivity contribution in [3.63, 3.8) is 0 Å². The number of esters is 1. The maximum atomic E-state index is 12.4. The Bertz CT molecular complexity index is 946. The van der Waals surface area contributed by atoms with Crippen LogP contribution in [0.25, 0.3) is 0 Å². The van der Waals surface area contributed by atoms with E-state index < -0.39 is 11.2 Å². The minimum absolute atomic E-state index is 0.0510. The summed E-state index contributed by atoms with van der Waals surface area (Å²) in [7, 11) is 0. The maximum absolute atomic E-state index is 12.4. The molecule has 1 unspecified atom stereocenters. The molecule has 9 heteroatoms. The average molecular weight is 418 g/mol. The summed E-state index contributed by atoms with van der Waals surface area (Å²) in [5.41, 5.74) is 1.01. The monoisotopic (exact) mass is 417 g/mol. The molecule has 0 radical (unpaired) electrons. The van der Waals surface area contributed by atoms with E-state index in [4.69, 9.17) is 16.3 Å². The van der Waals surface area contributed by atoms with E-state index in [1.807, 2.05) is 0 Å². The van der Waals surface area contributed by atoms with Crippen LogP contribution in [0.3, 0.4) is 0 Å². The van der Waals surface area contributed by atoms with Gasteiger partial charge in [0, 0.05) is 18.4 Å². The van der Waals surface area contributed by atoms with Crippen molar-refractivity contribution in [2.75, 3.05) is 5.32 Å². The van der Waals surface area contributed by atoms with E-state index in [0.29, 0.717) is 21.6 Å². The summed E-state index contributed by atoms with van der Waals surface area (Å²) in [6.07, 6.45) is -0.0510. The first-order valence-corrected chi connectivity index (χ1v) is 9.55. The Labute approximate surface area is 170 Å². The van der Waals surface area contributed by atoms with E-state index in [0.717, 1.165) is 0 Å². The van der Waals surface area contributed by atoms with E-state index in [1.54, 1.807) is 48.5 Å². The number of ether oxygens (including phenoxy) is 1. The van der Waals surface area contributed by atoms with Crippen LogP contribution in [0.4, 0.5) is 11.4 Å². The molecule has 2 aromatic carbocycles. The maximum Gasteiger partial charge on any atom is 0.308 e. The summed E-state index contributed by atoms with van der Waals surface area (Å²) in [4.78, 5) is 40.0. The summed E-state index contributed by atoms with van der Waals surface area (Å²) in [5.74, 6) is -0.909. The molecule has 0 aromatic heterocycles. The van der Waals surface area contributed by atoms with Crippen molar-refractivity contribution in [1.82, 2.24) is 5.32 Å². The number of hydrogen-bond donors (Lipinski definition) is 2. The quantitative estimate of drug-likeness (QED) is 0.573. The van der Waals surface area contributed by atoms with E-state index in [-0.39, 0.29) is 24.0 Å². The molecular weight excluding hydrogens is 402 g/mol. The molecule has 1 aliphatic rings. The van der Waals surface area contributed by atoms with Crippen LogP contribution in [0, 0.1) is 0 Å². The van der Waals surface area contributed by atoms with Crippen LogP contribution in [0.5, 0.6) is 5.75 Å². The molecular formula is C19H16ClN3O4S. The van der Waals surface area contributed by atoms with Gasteiger partial charge in [0.25, 0.3) is 0 Å². The van der Waals surface area contributed by atoms with Gasteiger partial charge in [-0.25, -0.2) is 4.99 Å². The number of para-hydroxylation sites is 2. The molecule has 2 N–H and O–H groups in total. The van der Waals surface area contributed by atoms with Crippen LogP contribution in [0.1, 0.15) is 13.3 Å². The van der Waals surface area contributed by atoms with E-state index >= 15 is 0 Å². The predicted molar refractivity (Wildman–Crippen MR) is 109 cm³/mol. The first kappa shape index (κ1) is 19.9. The number of nitrogens with zero attached hydrogens (tertiary/aromatic N) is 1. The van der Waals surface area contributed by atoms with Crippen LogP contribution in [-0.2, 0) is 14.4 Å². The van der Waals surface area contributed by atoms with Gasteiger partial charge in [-0.2, -0.15) is 0 Å². The van der Waals surface area contributed by atoms with Gasteiger partial charge in [0.2, 0.25) is 11.8 Å². The number of anilines is 1. The van der Waals surface area contributed by atoms with Gasteiger partial charge in [-0.15, -0.1) is 0 Å². The van der Waals surface area contributed by atoms with Crippen LogP contribution in [-0.4, -0.2) is 28.2 Å². The summed E-state index contributed by atoms with van der Waals surface area (Å²) in [5, 5.41) is 5.75. The molecule has 1 aliphatic heterocycles. The number of hydrogen-bond acceptors (Lipinski definition) is 6. The first-order valence-electron chi connectivity index (χ1n) is 8.30. The summed E-state index contributed by atoms with van der Waals surface area (Å²) < 4.78 is 5.06. The van der Waals surface area contributed by atoms with Crippen LogP contribution >= 0.6 is 23.4 Å². The molecule has 1 atom stereocenters. The first-order chi connectivity index (χ1) is 13.4. The van der Waals surface area contributed by atoms with Crippen molar-refractivity contribution in [2.45, 2.75) is 18.6 Å². The Morgan fingerprint density at radius 2 is 1.93 bits per heavy atom. The normalized spacial score (nSPS) is 17.3. The second kappa shape index (κ2) is 8.90. The summed E-state index contributed by atoms with van der Waals surface area (Å²) in [6.45, 7) is 1.28. The lowest BCUT2D eigenvalue weighted by molar-refractivity contribution is -0.132. The molecule has 2 amide bonds. The molecule has 3 rings (SSSR count). The van der Waals surface area contributed by atoms with Crippen molar-refractivity contribution in [2.24, 2.45) is 4.99 Å². The number of aliphatic imine (C=N–C) groups is 1. The minimum Gasteiger partial charge on any atom is -0.424 e. The highest BCUT2D eigenvalue weighted by Crippen LogP contribution is 2.28. The Balaban J connectivity index is 1.63. The third-order valence-corrected chi connectivity index (χ3v) is 4.95. The molecule has 28 heavy (non-hydrogen) atoms. The van der Waals surface area contributed by atoms with Gasteiger partial charge in [-0.3, -0.25) is 14.4 Å². The zero-order valence-electron chi connectivity index (χ0n) is 14.8. The average Bonchev–Trinajstić information content (AvgIpc) is 2.97. The zero-order valence-corrected chi connectivity index (χ0v) is 16.3. The number of amides is 2. The molecule has 144 valence electrons. The highest BCUT2D eigenvalue weighted by atomic mass is 35.5. The van der Waals surface area contributed by atoms with Gasteiger partial charge >= 0.3 is 5.97 Å². The van der Waals surface area contributed by atoms with Crippen molar-refractivity contribution in [1.29, 1.82) is 0 Å². The van der Waals surface area contributed by atoms with Crippen molar-refractivity contribution in [3.8, 4) is 5.75 Å². The molecule has 0 aliphatic carbocycles. The molecule has 1 heterocycles. The van der Waals surface area contributed by atoms with Crippen molar-refractivity contribution < 1.29 is 19.1 Å². The lowest BCUT2D eigenvalue weighted by Crippen LogP contribution is -2.28. The van der Waals surface area contributed by atoms with Crippen molar-refractivity contribution in [3.05, 3.63) is 53.6 Å². The standard InChI is InChI=1S/C19H16ClN3O4S/c1-11(24)27-15-5-3-2-4-14(15)22-17(25)10-16-18(26)23-19(28-16)21-13-8-6-12(20)7-9-13/h2-9,16H,10H2,1H3,(H,22,25)(H,21,23,26). The molecule has 1 saturated heterocycles. The van der Waals surface area contributed by atoms with E-state index in [2.05, 4.69) is 15.6 Å². The lowest BCUT2D eigenvalue weighted by atomic mass is 10.2. The lowest BCUT2D eigenvalue weighted by Gasteiger charge is -2.11. The predicted octanol–water partition coefficient (Wildman–Crippen LogP) is 3.51. The third-order valence-electron chi connectivity index (χ3n) is 3.62. The van der Waals surface area contributed by atoms with Crippen LogP contribution in [0.2, 0.25) is 5.02 Å². The molecule has 2 aromatic rings. The van der Waals surface area contributed by atoms with Gasteiger partial charge in [-0.1, -0.05) is 35.5 Å². The Morgan fingerprint density at radius 1 is 1.21 bits per heavy atom. The summed E-state index contributed by atoms with van der Waals surface area (Å²) in [6, 6.07) is 13.4. The molecule has 7 nitrogen and oxygen atoms in total. The van der Waals surface area contributed by atoms with Gasteiger partial charge in [-0.05, 0) is 36.4 Å². The summed E-state index contributed by atoms with van der Waals surface area (Å²) >= 11 is 7.02.